The second-order valence-corrected chi connectivity index (χ2v) is 6.88. The third-order valence-corrected chi connectivity index (χ3v) is 4.77. The Balaban J connectivity index is 1.99. The second kappa shape index (κ2) is 5.80. The van der Waals surface area contributed by atoms with Crippen LogP contribution in [-0.4, -0.2) is 28.9 Å². The number of allylic oxidation sites excluding steroid dienone is 2. The molecule has 1 N–H and O–H groups in total. The van der Waals surface area contributed by atoms with Gasteiger partial charge in [-0.05, 0) is 43.0 Å². The summed E-state index contributed by atoms with van der Waals surface area (Å²) in [6.45, 7) is -0.146. The summed E-state index contributed by atoms with van der Waals surface area (Å²) >= 11 is 5.87. The van der Waals surface area contributed by atoms with Crippen molar-refractivity contribution < 1.29 is 27.5 Å². The van der Waals surface area contributed by atoms with E-state index in [9.17, 15) is 22.8 Å². The zero-order valence-corrected chi connectivity index (χ0v) is 14.0. The summed E-state index contributed by atoms with van der Waals surface area (Å²) < 4.78 is 62.5. The molecule has 0 amide bonds. The molecule has 138 valence electrons. The maximum Gasteiger partial charge on any atom is 0.426 e. The number of hydroxylamine groups is 2. The lowest BCUT2D eigenvalue weighted by molar-refractivity contribution is -0.268. The average Bonchev–Trinajstić information content (AvgIpc) is 3.35. The van der Waals surface area contributed by atoms with Gasteiger partial charge >= 0.3 is 6.18 Å². The number of halogens is 5. The van der Waals surface area contributed by atoms with Crippen LogP contribution in [0, 0.1) is 11.7 Å². The van der Waals surface area contributed by atoms with E-state index >= 15 is 0 Å². The number of rotatable bonds is 3. The Morgan fingerprint density at radius 1 is 1.35 bits per heavy atom. The summed E-state index contributed by atoms with van der Waals surface area (Å²) in [7, 11) is 0. The largest absolute Gasteiger partial charge is 0.426 e. The van der Waals surface area contributed by atoms with E-state index < -0.39 is 28.7 Å². The van der Waals surface area contributed by atoms with Crippen molar-refractivity contribution in [3.8, 4) is 0 Å². The van der Waals surface area contributed by atoms with Gasteiger partial charge in [0.25, 0.3) is 0 Å². The van der Waals surface area contributed by atoms with Crippen LogP contribution >= 0.6 is 11.6 Å². The number of hydrogen-bond acceptors (Lipinski definition) is 4. The van der Waals surface area contributed by atoms with Gasteiger partial charge < -0.3 is 4.74 Å². The number of benzene rings is 1. The minimum Gasteiger partial charge on any atom is -0.356 e. The number of alkyl halides is 3. The van der Waals surface area contributed by atoms with E-state index in [-0.39, 0.29) is 29.1 Å². The van der Waals surface area contributed by atoms with Gasteiger partial charge in [0.2, 0.25) is 5.60 Å². The molecule has 4 rings (SSSR count). The first-order valence-corrected chi connectivity index (χ1v) is 8.27. The first-order chi connectivity index (χ1) is 12.2. The summed E-state index contributed by atoms with van der Waals surface area (Å²) in [5, 5.41) is 10.3. The van der Waals surface area contributed by atoms with Gasteiger partial charge in [0.1, 0.15) is 5.82 Å². The van der Waals surface area contributed by atoms with Crippen LogP contribution < -0.4 is 0 Å². The number of hydrogen-bond donors (Lipinski definition) is 1. The van der Waals surface area contributed by atoms with Gasteiger partial charge in [-0.1, -0.05) is 11.6 Å². The number of fused-ring (bicyclic) bond motifs is 2. The monoisotopic (exact) mass is 388 g/mol. The minimum absolute atomic E-state index is 0.0222. The highest BCUT2D eigenvalue weighted by Gasteiger charge is 2.64. The molecule has 0 radical (unpaired) electrons. The maximum absolute atomic E-state index is 14.4. The molecule has 0 bridgehead atoms. The molecule has 1 aliphatic carbocycles. The van der Waals surface area contributed by atoms with E-state index in [1.165, 1.54) is 0 Å². The molecule has 1 atom stereocenters. The van der Waals surface area contributed by atoms with Gasteiger partial charge in [-0.2, -0.15) is 13.2 Å². The highest BCUT2D eigenvalue weighted by Crippen LogP contribution is 2.55. The fourth-order valence-electron chi connectivity index (χ4n) is 3.13. The molecule has 3 aliphatic rings. The summed E-state index contributed by atoms with van der Waals surface area (Å²) in [5.41, 5.74) is -4.03. The molecule has 26 heavy (non-hydrogen) atoms. The molecule has 0 aromatic heterocycles. The predicted octanol–water partition coefficient (Wildman–Crippen LogP) is 4.76. The lowest BCUT2D eigenvalue weighted by Gasteiger charge is -2.43. The molecule has 1 fully saturated rings. The first-order valence-electron chi connectivity index (χ1n) is 7.90. The quantitative estimate of drug-likeness (QED) is 0.759. The lowest BCUT2D eigenvalue weighted by atomic mass is 9.80. The molecule has 0 spiro atoms. The van der Waals surface area contributed by atoms with Gasteiger partial charge in [0, 0.05) is 11.1 Å². The highest BCUT2D eigenvalue weighted by atomic mass is 35.5. The Hall–Kier alpha value is -1.90. The molecule has 1 saturated carbocycles. The smallest absolute Gasteiger partial charge is 0.356 e. The van der Waals surface area contributed by atoms with Crippen molar-refractivity contribution in [2.24, 2.45) is 10.9 Å². The highest BCUT2D eigenvalue weighted by molar-refractivity contribution is 6.32. The number of nitrogens with zero attached hydrogens (tertiary/aromatic N) is 2. The molecule has 1 aromatic carbocycles. The molecular weight excluding hydrogens is 376 g/mol. The Labute approximate surface area is 151 Å². The normalized spacial score (nSPS) is 25.2. The van der Waals surface area contributed by atoms with Crippen molar-refractivity contribution in [3.05, 3.63) is 52.5 Å². The second-order valence-electron chi connectivity index (χ2n) is 6.45. The lowest BCUT2D eigenvalue weighted by Crippen LogP contribution is -2.52. The van der Waals surface area contributed by atoms with Gasteiger partial charge in [0.15, 0.2) is 5.84 Å². The van der Waals surface area contributed by atoms with Crippen molar-refractivity contribution in [2.45, 2.75) is 24.6 Å². The van der Waals surface area contributed by atoms with E-state index in [0.717, 1.165) is 43.3 Å². The molecule has 4 nitrogen and oxygen atoms in total. The van der Waals surface area contributed by atoms with Crippen LogP contribution in [0.15, 0.2) is 46.1 Å². The molecular formula is C17H13ClF4N2O2. The van der Waals surface area contributed by atoms with Crippen LogP contribution in [0.3, 0.4) is 0 Å². The van der Waals surface area contributed by atoms with Gasteiger partial charge in [-0.15, -0.1) is 0 Å². The molecule has 9 heteroatoms. The van der Waals surface area contributed by atoms with Crippen molar-refractivity contribution in [2.75, 3.05) is 6.61 Å². The Morgan fingerprint density at radius 2 is 2.08 bits per heavy atom. The van der Waals surface area contributed by atoms with Crippen LogP contribution in [0.2, 0.25) is 0 Å². The van der Waals surface area contributed by atoms with Crippen LogP contribution in [0.4, 0.5) is 23.2 Å². The standard InChI is InChI=1S/C17H13ClF4N2O2/c18-10-5-13-15(24(25)7-10)23-14-4-3-11(19)6-12(14)16(13,17(20,21)22)26-8-9-1-2-9/h3-7,9,25H,1-2,8H2. The molecule has 2 heterocycles. The number of amidine groups is 1. The van der Waals surface area contributed by atoms with Crippen molar-refractivity contribution in [3.63, 3.8) is 0 Å². The molecule has 1 aromatic rings. The number of aliphatic imine (C=N–C) groups is 1. The van der Waals surface area contributed by atoms with Crippen LogP contribution in [0.1, 0.15) is 18.4 Å². The maximum atomic E-state index is 14.4. The molecule has 2 aliphatic heterocycles. The summed E-state index contributed by atoms with van der Waals surface area (Å²) in [6, 6.07) is 2.90. The Bertz CT molecular complexity index is 861. The SMILES string of the molecule is ON1C=C(Cl)C=C2C1=Nc1ccc(F)cc1C2(OCC1CC1)C(F)(F)F. The summed E-state index contributed by atoms with van der Waals surface area (Å²) in [6.07, 6.45) is -1.32. The van der Waals surface area contributed by atoms with Gasteiger partial charge in [0.05, 0.1) is 23.5 Å². The third kappa shape index (κ3) is 2.64. The third-order valence-electron chi connectivity index (χ3n) is 4.56. The Kier molecular flexibility index (Phi) is 3.91. The van der Waals surface area contributed by atoms with Crippen molar-refractivity contribution in [1.82, 2.24) is 5.06 Å². The Morgan fingerprint density at radius 3 is 2.73 bits per heavy atom. The molecule has 0 saturated heterocycles. The van der Waals surface area contributed by atoms with E-state index in [4.69, 9.17) is 16.3 Å². The van der Waals surface area contributed by atoms with Gasteiger partial charge in [-0.25, -0.2) is 14.4 Å². The predicted molar refractivity (Wildman–Crippen MR) is 85.5 cm³/mol. The van der Waals surface area contributed by atoms with Gasteiger partial charge in [-0.3, -0.25) is 5.21 Å². The fraction of sp³-hybridized carbons (Fsp3) is 0.353. The van der Waals surface area contributed by atoms with Crippen LogP contribution in [-0.2, 0) is 10.3 Å². The first kappa shape index (κ1) is 17.5. The fourth-order valence-corrected chi connectivity index (χ4v) is 3.33. The van der Waals surface area contributed by atoms with Crippen LogP contribution in [0.25, 0.3) is 0 Å². The van der Waals surface area contributed by atoms with Crippen molar-refractivity contribution in [1.29, 1.82) is 0 Å². The van der Waals surface area contributed by atoms with E-state index in [2.05, 4.69) is 4.99 Å². The number of ether oxygens (including phenoxy) is 1. The molecule has 1 unspecified atom stereocenters. The summed E-state index contributed by atoms with van der Waals surface area (Å²) in [4.78, 5) is 4.05. The zero-order chi connectivity index (χ0) is 18.7. The van der Waals surface area contributed by atoms with E-state index in [0.29, 0.717) is 5.06 Å². The average molecular weight is 389 g/mol. The van der Waals surface area contributed by atoms with Crippen LogP contribution in [0.5, 0.6) is 0 Å². The van der Waals surface area contributed by atoms with E-state index in [1.807, 2.05) is 0 Å². The topological polar surface area (TPSA) is 45.1 Å². The zero-order valence-electron chi connectivity index (χ0n) is 13.2. The van der Waals surface area contributed by atoms with Crippen molar-refractivity contribution >= 4 is 23.1 Å². The van der Waals surface area contributed by atoms with E-state index in [1.54, 1.807) is 0 Å². The minimum atomic E-state index is -4.94. The summed E-state index contributed by atoms with van der Waals surface area (Å²) in [5.74, 6) is -1.18.